The molecule has 26 heavy (non-hydrogen) atoms. The predicted molar refractivity (Wildman–Crippen MR) is 99.5 cm³/mol. The van der Waals surface area contributed by atoms with Crippen LogP contribution in [0.25, 0.3) is 0 Å². The minimum atomic E-state index is -0.511. The van der Waals surface area contributed by atoms with Crippen molar-refractivity contribution in [1.82, 2.24) is 10.6 Å². The number of rotatable bonds is 7. The normalized spacial score (nSPS) is 19.5. The third-order valence-corrected chi connectivity index (χ3v) is 4.52. The highest BCUT2D eigenvalue weighted by atomic mass is 16.5. The van der Waals surface area contributed by atoms with Gasteiger partial charge in [-0.3, -0.25) is 4.79 Å². The molecular weight excluding hydrogens is 330 g/mol. The molecule has 3 rings (SSSR count). The fourth-order valence-electron chi connectivity index (χ4n) is 2.71. The van der Waals surface area contributed by atoms with Gasteiger partial charge < -0.3 is 25.9 Å². The number of nitrogens with one attached hydrogen (secondary N) is 3. The zero-order chi connectivity index (χ0) is 18.6. The molecule has 1 fully saturated rings. The predicted octanol–water partition coefficient (Wildman–Crippen LogP) is 1.79. The van der Waals surface area contributed by atoms with E-state index < -0.39 is 5.54 Å². The number of carbonyl (C=O) groups is 1. The van der Waals surface area contributed by atoms with Crippen LogP contribution in [0.2, 0.25) is 0 Å². The van der Waals surface area contributed by atoms with Crippen molar-refractivity contribution in [1.29, 1.82) is 5.41 Å². The number of amides is 1. The van der Waals surface area contributed by atoms with Crippen LogP contribution in [0.15, 0.2) is 65.6 Å². The summed E-state index contributed by atoms with van der Waals surface area (Å²) in [4.78, 5) is 12.6. The number of aliphatic hydroxyl groups is 1. The maximum absolute atomic E-state index is 12.6. The SMILES string of the molecule is CN/C(C(=O)NC1(CO)CC1)=C1/C=C(OCc2ccccc2)C=CC1=N. The maximum Gasteiger partial charge on any atom is 0.268 e. The van der Waals surface area contributed by atoms with Crippen molar-refractivity contribution in [2.24, 2.45) is 0 Å². The van der Waals surface area contributed by atoms with Crippen LogP contribution in [-0.2, 0) is 16.1 Å². The highest BCUT2D eigenvalue weighted by Crippen LogP contribution is 2.34. The number of allylic oxidation sites excluding steroid dienone is 4. The summed E-state index contributed by atoms with van der Waals surface area (Å²) < 4.78 is 5.80. The smallest absolute Gasteiger partial charge is 0.268 e. The number of ether oxygens (including phenoxy) is 1. The van der Waals surface area contributed by atoms with E-state index in [-0.39, 0.29) is 18.2 Å². The maximum atomic E-state index is 12.6. The second kappa shape index (κ2) is 7.58. The molecule has 0 spiro atoms. The molecule has 2 aliphatic carbocycles. The Hall–Kier alpha value is -2.86. The summed E-state index contributed by atoms with van der Waals surface area (Å²) in [5.74, 6) is 0.261. The van der Waals surface area contributed by atoms with Crippen LogP contribution < -0.4 is 10.6 Å². The van der Waals surface area contributed by atoms with E-state index in [1.54, 1.807) is 25.3 Å². The zero-order valence-electron chi connectivity index (χ0n) is 14.7. The first-order valence-corrected chi connectivity index (χ1v) is 8.58. The lowest BCUT2D eigenvalue weighted by Gasteiger charge is -2.19. The third-order valence-electron chi connectivity index (χ3n) is 4.52. The molecule has 136 valence electrons. The Bertz CT molecular complexity index is 790. The third kappa shape index (κ3) is 4.03. The molecule has 4 N–H and O–H groups in total. The number of carbonyl (C=O) groups excluding carboxylic acids is 1. The van der Waals surface area contributed by atoms with E-state index in [0.717, 1.165) is 18.4 Å². The second-order valence-electron chi connectivity index (χ2n) is 6.50. The topological polar surface area (TPSA) is 94.4 Å². The molecule has 0 aliphatic heterocycles. The molecule has 6 heteroatoms. The molecule has 0 unspecified atom stereocenters. The number of hydrogen-bond donors (Lipinski definition) is 4. The van der Waals surface area contributed by atoms with Crippen LogP contribution in [0.3, 0.4) is 0 Å². The van der Waals surface area contributed by atoms with Gasteiger partial charge in [0.1, 0.15) is 18.1 Å². The van der Waals surface area contributed by atoms with Crippen molar-refractivity contribution < 1.29 is 14.6 Å². The van der Waals surface area contributed by atoms with Crippen molar-refractivity contribution in [3.63, 3.8) is 0 Å². The first kappa shape index (κ1) is 17.9. The van der Waals surface area contributed by atoms with E-state index in [1.165, 1.54) is 0 Å². The molecule has 0 heterocycles. The van der Waals surface area contributed by atoms with Gasteiger partial charge in [0, 0.05) is 12.6 Å². The van der Waals surface area contributed by atoms with E-state index in [9.17, 15) is 9.90 Å². The van der Waals surface area contributed by atoms with Gasteiger partial charge in [0.05, 0.1) is 17.9 Å². The molecule has 1 amide bonds. The molecule has 1 saturated carbocycles. The summed E-state index contributed by atoms with van der Waals surface area (Å²) in [6.45, 7) is 0.329. The van der Waals surface area contributed by atoms with Crippen LogP contribution in [0, 0.1) is 5.41 Å². The Balaban J connectivity index is 1.77. The van der Waals surface area contributed by atoms with Gasteiger partial charge in [0.25, 0.3) is 5.91 Å². The lowest BCUT2D eigenvalue weighted by atomic mass is 10.0. The number of likely N-dealkylation sites (N-methyl/N-ethyl adjacent to an activating group) is 1. The molecule has 0 bridgehead atoms. The lowest BCUT2D eigenvalue weighted by molar-refractivity contribution is -0.119. The van der Waals surface area contributed by atoms with Gasteiger partial charge in [-0.15, -0.1) is 0 Å². The van der Waals surface area contributed by atoms with E-state index >= 15 is 0 Å². The second-order valence-corrected chi connectivity index (χ2v) is 6.50. The van der Waals surface area contributed by atoms with Gasteiger partial charge in [-0.2, -0.15) is 0 Å². The molecule has 6 nitrogen and oxygen atoms in total. The van der Waals surface area contributed by atoms with Crippen LogP contribution in [-0.4, -0.2) is 35.9 Å². The molecule has 0 atom stereocenters. The Kier molecular flexibility index (Phi) is 5.23. The minimum absolute atomic E-state index is 0.0797. The van der Waals surface area contributed by atoms with E-state index in [2.05, 4.69) is 10.6 Å². The highest BCUT2D eigenvalue weighted by molar-refractivity contribution is 6.14. The quantitative estimate of drug-likeness (QED) is 0.562. The fourth-order valence-corrected chi connectivity index (χ4v) is 2.71. The number of hydrogen-bond acceptors (Lipinski definition) is 5. The Morgan fingerprint density at radius 3 is 2.62 bits per heavy atom. The largest absolute Gasteiger partial charge is 0.489 e. The summed E-state index contributed by atoms with van der Waals surface area (Å²) in [5, 5.41) is 23.3. The molecule has 0 radical (unpaired) electrons. The van der Waals surface area contributed by atoms with Crippen LogP contribution in [0.4, 0.5) is 0 Å². The molecule has 0 aromatic heterocycles. The first-order valence-electron chi connectivity index (χ1n) is 8.58. The summed E-state index contributed by atoms with van der Waals surface area (Å²) in [6.07, 6.45) is 6.55. The van der Waals surface area contributed by atoms with Crippen LogP contribution in [0.1, 0.15) is 18.4 Å². The molecular formula is C20H23N3O3. The monoisotopic (exact) mass is 353 g/mol. The van der Waals surface area contributed by atoms with Crippen LogP contribution in [0.5, 0.6) is 0 Å². The Labute approximate surface area is 152 Å². The van der Waals surface area contributed by atoms with Crippen molar-refractivity contribution in [3.8, 4) is 0 Å². The average molecular weight is 353 g/mol. The number of aliphatic hydroxyl groups excluding tert-OH is 1. The Morgan fingerprint density at radius 2 is 2.00 bits per heavy atom. The van der Waals surface area contributed by atoms with E-state index in [1.807, 2.05) is 30.3 Å². The van der Waals surface area contributed by atoms with E-state index in [0.29, 0.717) is 23.6 Å². The van der Waals surface area contributed by atoms with Gasteiger partial charge in [0.2, 0.25) is 0 Å². The Morgan fingerprint density at radius 1 is 1.27 bits per heavy atom. The molecule has 2 aliphatic rings. The van der Waals surface area contributed by atoms with Gasteiger partial charge >= 0.3 is 0 Å². The fraction of sp³-hybridized carbons (Fsp3) is 0.300. The standard InChI is InChI=1S/C20H23N3O3/c1-22-18(19(25)23-20(13-24)9-10-20)16-11-15(7-8-17(16)21)26-12-14-5-3-2-4-6-14/h2-8,11,21-22,24H,9-10,12-13H2,1H3,(H,23,25)/b18-16-,21-17?. The van der Waals surface area contributed by atoms with Crippen molar-refractivity contribution >= 4 is 11.6 Å². The summed E-state index contributed by atoms with van der Waals surface area (Å²) in [5.41, 5.74) is 1.51. The van der Waals surface area contributed by atoms with Gasteiger partial charge in [-0.25, -0.2) is 0 Å². The minimum Gasteiger partial charge on any atom is -0.489 e. The first-order chi connectivity index (χ1) is 12.6. The molecule has 0 saturated heterocycles. The summed E-state index contributed by atoms with van der Waals surface area (Å²) in [6, 6.07) is 9.79. The molecule has 1 aromatic carbocycles. The van der Waals surface area contributed by atoms with Gasteiger partial charge in [-0.1, -0.05) is 30.3 Å². The van der Waals surface area contributed by atoms with Crippen molar-refractivity contribution in [2.45, 2.75) is 25.0 Å². The van der Waals surface area contributed by atoms with Crippen LogP contribution >= 0.6 is 0 Å². The lowest BCUT2D eigenvalue weighted by Crippen LogP contribution is -2.43. The van der Waals surface area contributed by atoms with Crippen molar-refractivity contribution in [3.05, 3.63) is 71.2 Å². The van der Waals surface area contributed by atoms with Crippen molar-refractivity contribution in [2.75, 3.05) is 13.7 Å². The summed E-state index contributed by atoms with van der Waals surface area (Å²) in [7, 11) is 1.64. The zero-order valence-corrected chi connectivity index (χ0v) is 14.7. The summed E-state index contributed by atoms with van der Waals surface area (Å²) >= 11 is 0. The number of benzene rings is 1. The van der Waals surface area contributed by atoms with Gasteiger partial charge in [0.15, 0.2) is 0 Å². The average Bonchev–Trinajstić information content (AvgIpc) is 3.43. The highest BCUT2D eigenvalue weighted by Gasteiger charge is 2.44. The molecule has 1 aromatic rings. The van der Waals surface area contributed by atoms with Gasteiger partial charge in [-0.05, 0) is 36.6 Å². The van der Waals surface area contributed by atoms with E-state index in [4.69, 9.17) is 10.1 Å².